The van der Waals surface area contributed by atoms with Crippen molar-refractivity contribution in [1.29, 1.82) is 0 Å². The molecule has 2 unspecified atom stereocenters. The van der Waals surface area contributed by atoms with Crippen LogP contribution in [0.1, 0.15) is 43.2 Å². The summed E-state index contributed by atoms with van der Waals surface area (Å²) in [5.74, 6) is 0.706. The third kappa shape index (κ3) is 1.33. The number of hydrogen-bond donors (Lipinski definition) is 1. The lowest BCUT2D eigenvalue weighted by Crippen LogP contribution is -2.40. The molecule has 0 radical (unpaired) electrons. The molecule has 1 aromatic carbocycles. The average molecular weight is 201 g/mol. The molecule has 1 nitrogen and oxygen atoms in total. The molecule has 0 amide bonds. The Morgan fingerprint density at radius 3 is 2.93 bits per heavy atom. The van der Waals surface area contributed by atoms with Crippen molar-refractivity contribution >= 4 is 0 Å². The van der Waals surface area contributed by atoms with Crippen molar-refractivity contribution in [3.05, 3.63) is 35.4 Å². The first-order chi connectivity index (χ1) is 7.31. The van der Waals surface area contributed by atoms with Crippen LogP contribution in [0.15, 0.2) is 24.3 Å². The van der Waals surface area contributed by atoms with Crippen molar-refractivity contribution in [2.75, 3.05) is 0 Å². The number of fused-ring (bicyclic) bond motifs is 3. The minimum atomic E-state index is 0.00704. The summed E-state index contributed by atoms with van der Waals surface area (Å²) in [6, 6.07) is 8.80. The molecule has 0 bridgehead atoms. The first kappa shape index (κ1) is 9.41. The van der Waals surface area contributed by atoms with Gasteiger partial charge in [-0.3, -0.25) is 0 Å². The zero-order chi connectivity index (χ0) is 10.3. The van der Waals surface area contributed by atoms with Gasteiger partial charge in [0, 0.05) is 5.54 Å². The van der Waals surface area contributed by atoms with Gasteiger partial charge in [-0.05, 0) is 36.3 Å². The number of benzene rings is 1. The second kappa shape index (κ2) is 3.34. The van der Waals surface area contributed by atoms with Gasteiger partial charge in [-0.15, -0.1) is 0 Å². The Hall–Kier alpha value is -0.820. The van der Waals surface area contributed by atoms with Gasteiger partial charge in [0.05, 0.1) is 0 Å². The highest BCUT2D eigenvalue weighted by molar-refractivity contribution is 5.40. The van der Waals surface area contributed by atoms with Crippen LogP contribution in [-0.2, 0) is 12.0 Å². The molecule has 1 heteroatoms. The number of hydrogen-bond acceptors (Lipinski definition) is 1. The predicted octanol–water partition coefficient (Wildman–Crippen LogP) is 2.98. The van der Waals surface area contributed by atoms with Gasteiger partial charge in [0.2, 0.25) is 0 Å². The van der Waals surface area contributed by atoms with E-state index < -0.39 is 0 Å². The van der Waals surface area contributed by atoms with Crippen LogP contribution in [0.3, 0.4) is 0 Å². The average Bonchev–Trinajstić information content (AvgIpc) is 2.41. The lowest BCUT2D eigenvalue weighted by molar-refractivity contribution is 0.283. The zero-order valence-corrected chi connectivity index (χ0v) is 9.21. The van der Waals surface area contributed by atoms with Gasteiger partial charge in [0.1, 0.15) is 0 Å². The third-order valence-electron chi connectivity index (χ3n) is 4.36. The molecular weight excluding hydrogens is 182 g/mol. The van der Waals surface area contributed by atoms with Gasteiger partial charge < -0.3 is 5.73 Å². The standard InChI is InChI=1S/C14H19N/c15-14-9-5-1-2-7-12(14)10-11-6-3-4-8-13(11)14/h3-4,6,8,12H,1-2,5,7,9-10,15H2. The van der Waals surface area contributed by atoms with Gasteiger partial charge in [-0.2, -0.15) is 0 Å². The molecule has 0 saturated heterocycles. The minimum Gasteiger partial charge on any atom is -0.321 e. The van der Waals surface area contributed by atoms with E-state index in [0.717, 1.165) is 0 Å². The summed E-state index contributed by atoms with van der Waals surface area (Å²) in [6.45, 7) is 0. The molecule has 2 aliphatic rings. The highest BCUT2D eigenvalue weighted by Gasteiger charge is 2.43. The summed E-state index contributed by atoms with van der Waals surface area (Å²) in [5.41, 5.74) is 9.63. The summed E-state index contributed by atoms with van der Waals surface area (Å²) in [4.78, 5) is 0. The first-order valence-corrected chi connectivity index (χ1v) is 6.18. The molecule has 0 spiro atoms. The van der Waals surface area contributed by atoms with E-state index in [2.05, 4.69) is 24.3 Å². The monoisotopic (exact) mass is 201 g/mol. The van der Waals surface area contributed by atoms with Crippen LogP contribution in [0.4, 0.5) is 0 Å². The van der Waals surface area contributed by atoms with Gasteiger partial charge in [0.15, 0.2) is 0 Å². The molecule has 15 heavy (non-hydrogen) atoms. The van der Waals surface area contributed by atoms with Crippen molar-refractivity contribution in [3.63, 3.8) is 0 Å². The van der Waals surface area contributed by atoms with E-state index >= 15 is 0 Å². The second-order valence-electron chi connectivity index (χ2n) is 5.20. The van der Waals surface area contributed by atoms with E-state index in [4.69, 9.17) is 5.73 Å². The fraction of sp³-hybridized carbons (Fsp3) is 0.571. The van der Waals surface area contributed by atoms with E-state index in [1.165, 1.54) is 49.7 Å². The van der Waals surface area contributed by atoms with Crippen molar-refractivity contribution in [3.8, 4) is 0 Å². The lowest BCUT2D eigenvalue weighted by atomic mass is 9.81. The van der Waals surface area contributed by atoms with Crippen LogP contribution in [0.5, 0.6) is 0 Å². The smallest absolute Gasteiger partial charge is 0.0444 e. The zero-order valence-electron chi connectivity index (χ0n) is 9.21. The van der Waals surface area contributed by atoms with Crippen molar-refractivity contribution in [1.82, 2.24) is 0 Å². The predicted molar refractivity (Wildman–Crippen MR) is 62.6 cm³/mol. The van der Waals surface area contributed by atoms with Crippen molar-refractivity contribution < 1.29 is 0 Å². The van der Waals surface area contributed by atoms with Crippen molar-refractivity contribution in [2.24, 2.45) is 11.7 Å². The first-order valence-electron chi connectivity index (χ1n) is 6.18. The topological polar surface area (TPSA) is 26.0 Å². The quantitative estimate of drug-likeness (QED) is 0.686. The number of nitrogens with two attached hydrogens (primary N) is 1. The van der Waals surface area contributed by atoms with Crippen molar-refractivity contribution in [2.45, 2.75) is 44.1 Å². The maximum Gasteiger partial charge on any atom is 0.0444 e. The molecular formula is C14H19N. The Bertz CT molecular complexity index is 371. The van der Waals surface area contributed by atoms with Gasteiger partial charge in [-0.1, -0.05) is 43.5 Å². The molecule has 3 rings (SSSR count). The summed E-state index contributed by atoms with van der Waals surface area (Å²) in [6.07, 6.45) is 7.78. The SMILES string of the molecule is NC12CCCCCC1Cc1ccccc12. The highest BCUT2D eigenvalue weighted by Crippen LogP contribution is 2.46. The minimum absolute atomic E-state index is 0.00704. The lowest BCUT2D eigenvalue weighted by Gasteiger charge is -2.30. The fourth-order valence-electron chi connectivity index (χ4n) is 3.50. The molecule has 1 aromatic rings. The Morgan fingerprint density at radius 2 is 2.00 bits per heavy atom. The summed E-state index contributed by atoms with van der Waals surface area (Å²) in [7, 11) is 0. The van der Waals surface area contributed by atoms with Crippen LogP contribution >= 0.6 is 0 Å². The molecule has 0 aliphatic heterocycles. The second-order valence-corrected chi connectivity index (χ2v) is 5.20. The normalized spacial score (nSPS) is 34.3. The Morgan fingerprint density at radius 1 is 1.13 bits per heavy atom. The molecule has 2 atom stereocenters. The van der Waals surface area contributed by atoms with Crippen LogP contribution in [0.2, 0.25) is 0 Å². The molecule has 0 heterocycles. The van der Waals surface area contributed by atoms with E-state index in [9.17, 15) is 0 Å². The Balaban J connectivity index is 2.06. The van der Waals surface area contributed by atoms with E-state index in [1.54, 1.807) is 0 Å². The molecule has 80 valence electrons. The molecule has 1 fully saturated rings. The van der Waals surface area contributed by atoms with Crippen LogP contribution in [0.25, 0.3) is 0 Å². The maximum atomic E-state index is 6.68. The van der Waals surface area contributed by atoms with Gasteiger partial charge >= 0.3 is 0 Å². The van der Waals surface area contributed by atoms with Crippen LogP contribution in [0, 0.1) is 5.92 Å². The molecule has 0 aromatic heterocycles. The van der Waals surface area contributed by atoms with E-state index in [-0.39, 0.29) is 5.54 Å². The highest BCUT2D eigenvalue weighted by atomic mass is 14.8. The Kier molecular flexibility index (Phi) is 2.10. The maximum absolute atomic E-state index is 6.68. The fourth-order valence-corrected chi connectivity index (χ4v) is 3.50. The van der Waals surface area contributed by atoms with Gasteiger partial charge in [0.25, 0.3) is 0 Å². The summed E-state index contributed by atoms with van der Waals surface area (Å²) < 4.78 is 0. The molecule has 1 saturated carbocycles. The van der Waals surface area contributed by atoms with Gasteiger partial charge in [-0.25, -0.2) is 0 Å². The molecule has 2 N–H and O–H groups in total. The Labute approximate surface area is 91.7 Å². The summed E-state index contributed by atoms with van der Waals surface area (Å²) >= 11 is 0. The number of rotatable bonds is 0. The largest absolute Gasteiger partial charge is 0.321 e. The summed E-state index contributed by atoms with van der Waals surface area (Å²) in [5, 5.41) is 0. The van der Waals surface area contributed by atoms with E-state index in [1.807, 2.05) is 0 Å². The third-order valence-corrected chi connectivity index (χ3v) is 4.36. The van der Waals surface area contributed by atoms with Crippen LogP contribution in [-0.4, -0.2) is 0 Å². The molecule has 2 aliphatic carbocycles. The van der Waals surface area contributed by atoms with E-state index in [0.29, 0.717) is 5.92 Å². The van der Waals surface area contributed by atoms with Crippen LogP contribution < -0.4 is 5.73 Å².